The topological polar surface area (TPSA) is 71.8 Å². The first-order valence-electron chi connectivity index (χ1n) is 5.09. The molecular formula is C11H8BrF2N3OS. The first-order valence-corrected chi connectivity index (χ1v) is 6.87. The molecule has 3 N–H and O–H groups in total. The Kier molecular flexibility index (Phi) is 4.20. The van der Waals surface area contributed by atoms with Crippen LogP contribution in [0.15, 0.2) is 32.6 Å². The summed E-state index contributed by atoms with van der Waals surface area (Å²) in [5, 5.41) is 0.212. The van der Waals surface area contributed by atoms with Gasteiger partial charge in [-0.25, -0.2) is 13.8 Å². The number of nitrogens with zero attached hydrogens (tertiary/aromatic N) is 1. The van der Waals surface area contributed by atoms with Crippen molar-refractivity contribution in [3.63, 3.8) is 0 Å². The number of aromatic nitrogens is 2. The second kappa shape index (κ2) is 5.70. The SMILES string of the molecule is Nc1cc(=O)[nH]c(SCc2c(F)ccc(Br)c2F)n1. The lowest BCUT2D eigenvalue weighted by Gasteiger charge is -2.06. The summed E-state index contributed by atoms with van der Waals surface area (Å²) >= 11 is 3.98. The van der Waals surface area contributed by atoms with E-state index in [1.54, 1.807) is 0 Å². The zero-order valence-corrected chi connectivity index (χ0v) is 11.8. The molecule has 0 aliphatic rings. The number of rotatable bonds is 3. The van der Waals surface area contributed by atoms with Crippen LogP contribution >= 0.6 is 27.7 Å². The molecule has 1 heterocycles. The highest BCUT2D eigenvalue weighted by atomic mass is 79.9. The maximum absolute atomic E-state index is 13.7. The molecule has 2 rings (SSSR count). The summed E-state index contributed by atoms with van der Waals surface area (Å²) in [4.78, 5) is 17.5. The Hall–Kier alpha value is -1.41. The van der Waals surface area contributed by atoms with E-state index in [1.165, 1.54) is 12.1 Å². The summed E-state index contributed by atoms with van der Waals surface area (Å²) in [5.41, 5.74) is 4.91. The molecule has 0 aliphatic carbocycles. The van der Waals surface area contributed by atoms with E-state index < -0.39 is 17.2 Å². The summed E-state index contributed by atoms with van der Waals surface area (Å²) < 4.78 is 27.4. The molecule has 0 aliphatic heterocycles. The fraction of sp³-hybridized carbons (Fsp3) is 0.0909. The van der Waals surface area contributed by atoms with E-state index in [0.717, 1.165) is 17.8 Å². The van der Waals surface area contributed by atoms with E-state index in [2.05, 4.69) is 25.9 Å². The Balaban J connectivity index is 2.23. The number of halogens is 3. The van der Waals surface area contributed by atoms with Crippen LogP contribution in [0.25, 0.3) is 0 Å². The Morgan fingerprint density at radius 3 is 2.84 bits per heavy atom. The van der Waals surface area contributed by atoms with Gasteiger partial charge in [-0.3, -0.25) is 4.79 Å². The van der Waals surface area contributed by atoms with E-state index in [1.807, 2.05) is 0 Å². The molecule has 0 atom stereocenters. The zero-order valence-electron chi connectivity index (χ0n) is 9.41. The highest BCUT2D eigenvalue weighted by Gasteiger charge is 2.13. The molecule has 1 aromatic heterocycles. The van der Waals surface area contributed by atoms with Gasteiger partial charge in [0.25, 0.3) is 5.56 Å². The fourth-order valence-electron chi connectivity index (χ4n) is 1.36. The minimum Gasteiger partial charge on any atom is -0.383 e. The molecule has 4 nitrogen and oxygen atoms in total. The van der Waals surface area contributed by atoms with Gasteiger partial charge < -0.3 is 10.7 Å². The van der Waals surface area contributed by atoms with Gasteiger partial charge in [-0.2, -0.15) is 0 Å². The monoisotopic (exact) mass is 347 g/mol. The van der Waals surface area contributed by atoms with Crippen molar-refractivity contribution < 1.29 is 8.78 Å². The quantitative estimate of drug-likeness (QED) is 0.508. The second-order valence-electron chi connectivity index (χ2n) is 3.59. The van der Waals surface area contributed by atoms with Gasteiger partial charge in [0.2, 0.25) is 0 Å². The Labute approximate surface area is 119 Å². The smallest absolute Gasteiger partial charge is 0.253 e. The number of nitrogens with one attached hydrogen (secondary N) is 1. The molecule has 1 aromatic carbocycles. The molecule has 100 valence electrons. The second-order valence-corrected chi connectivity index (χ2v) is 5.40. The predicted octanol–water partition coefficient (Wildman–Crippen LogP) is 2.69. The molecule has 8 heteroatoms. The first kappa shape index (κ1) is 14.0. The number of hydrogen-bond donors (Lipinski definition) is 2. The molecule has 2 aromatic rings. The van der Waals surface area contributed by atoms with Crippen LogP contribution < -0.4 is 11.3 Å². The van der Waals surface area contributed by atoms with Crippen molar-refractivity contribution in [1.82, 2.24) is 9.97 Å². The van der Waals surface area contributed by atoms with Crippen LogP contribution in [0.2, 0.25) is 0 Å². The van der Waals surface area contributed by atoms with Crippen LogP contribution in [0.5, 0.6) is 0 Å². The van der Waals surface area contributed by atoms with Crippen LogP contribution in [0, 0.1) is 11.6 Å². The maximum atomic E-state index is 13.7. The lowest BCUT2D eigenvalue weighted by molar-refractivity contribution is 0.562. The van der Waals surface area contributed by atoms with E-state index in [4.69, 9.17) is 5.73 Å². The van der Waals surface area contributed by atoms with Crippen LogP contribution in [-0.2, 0) is 5.75 Å². The number of anilines is 1. The molecule has 19 heavy (non-hydrogen) atoms. The minimum absolute atomic E-state index is 0.0104. The first-order chi connectivity index (χ1) is 8.97. The lowest BCUT2D eigenvalue weighted by Crippen LogP contribution is -2.09. The molecule has 0 bridgehead atoms. The van der Waals surface area contributed by atoms with E-state index in [-0.39, 0.29) is 26.8 Å². The van der Waals surface area contributed by atoms with Crippen molar-refractivity contribution >= 4 is 33.5 Å². The van der Waals surface area contributed by atoms with Crippen molar-refractivity contribution in [2.24, 2.45) is 0 Å². The highest BCUT2D eigenvalue weighted by Crippen LogP contribution is 2.27. The summed E-state index contributed by atoms with van der Waals surface area (Å²) in [6.45, 7) is 0. The van der Waals surface area contributed by atoms with Crippen LogP contribution in [0.3, 0.4) is 0 Å². The predicted molar refractivity (Wildman–Crippen MR) is 72.9 cm³/mol. The molecule has 0 saturated heterocycles. The lowest BCUT2D eigenvalue weighted by atomic mass is 10.2. The van der Waals surface area contributed by atoms with Gasteiger partial charge in [-0.15, -0.1) is 0 Å². The standard InChI is InChI=1S/C11H8BrF2N3OS/c12-6-1-2-7(13)5(10(6)14)4-19-11-16-8(15)3-9(18)17-11/h1-3H,4H2,(H3,15,16,17,18). The molecule has 0 spiro atoms. The third kappa shape index (κ3) is 3.32. The Morgan fingerprint density at radius 1 is 1.42 bits per heavy atom. The van der Waals surface area contributed by atoms with E-state index in [0.29, 0.717) is 0 Å². The number of thioether (sulfide) groups is 1. The van der Waals surface area contributed by atoms with Crippen LogP contribution in [0.4, 0.5) is 14.6 Å². The third-order valence-corrected chi connectivity index (χ3v) is 3.74. The van der Waals surface area contributed by atoms with E-state index in [9.17, 15) is 13.6 Å². The van der Waals surface area contributed by atoms with Crippen LogP contribution in [0.1, 0.15) is 5.56 Å². The van der Waals surface area contributed by atoms with Crippen molar-refractivity contribution in [3.8, 4) is 0 Å². The normalized spacial score (nSPS) is 10.7. The maximum Gasteiger partial charge on any atom is 0.253 e. The number of H-pyrrole nitrogens is 1. The minimum atomic E-state index is -0.668. The molecule has 0 radical (unpaired) electrons. The average Bonchev–Trinajstić information content (AvgIpc) is 2.33. The van der Waals surface area contributed by atoms with Crippen molar-refractivity contribution in [1.29, 1.82) is 0 Å². The highest BCUT2D eigenvalue weighted by molar-refractivity contribution is 9.10. The van der Waals surface area contributed by atoms with Gasteiger partial charge in [0.15, 0.2) is 5.16 Å². The number of hydrogen-bond acceptors (Lipinski definition) is 4. The fourth-order valence-corrected chi connectivity index (χ4v) is 2.62. The van der Waals surface area contributed by atoms with Gasteiger partial charge >= 0.3 is 0 Å². The number of benzene rings is 1. The van der Waals surface area contributed by atoms with Gasteiger partial charge in [0.05, 0.1) is 4.47 Å². The van der Waals surface area contributed by atoms with Gasteiger partial charge in [-0.05, 0) is 28.1 Å². The van der Waals surface area contributed by atoms with Crippen molar-refractivity contribution in [2.45, 2.75) is 10.9 Å². The number of aromatic amines is 1. The number of nitrogen functional groups attached to an aromatic ring is 1. The Bertz CT molecular complexity index is 677. The molecular weight excluding hydrogens is 340 g/mol. The van der Waals surface area contributed by atoms with Crippen molar-refractivity contribution in [3.05, 3.63) is 50.2 Å². The molecule has 0 unspecified atom stereocenters. The summed E-state index contributed by atoms with van der Waals surface area (Å²) in [5.74, 6) is -1.27. The number of nitrogens with two attached hydrogens (primary N) is 1. The van der Waals surface area contributed by atoms with Gasteiger partial charge in [0, 0.05) is 17.4 Å². The summed E-state index contributed by atoms with van der Waals surface area (Å²) in [6.07, 6.45) is 0. The van der Waals surface area contributed by atoms with Crippen molar-refractivity contribution in [2.75, 3.05) is 5.73 Å². The average molecular weight is 348 g/mol. The zero-order chi connectivity index (χ0) is 14.0. The van der Waals surface area contributed by atoms with Gasteiger partial charge in [0.1, 0.15) is 17.5 Å². The largest absolute Gasteiger partial charge is 0.383 e. The summed E-state index contributed by atoms with van der Waals surface area (Å²) in [6, 6.07) is 3.59. The molecule has 0 fully saturated rings. The van der Waals surface area contributed by atoms with Gasteiger partial charge in [-0.1, -0.05) is 11.8 Å². The van der Waals surface area contributed by atoms with E-state index >= 15 is 0 Å². The third-order valence-electron chi connectivity index (χ3n) is 2.23. The Morgan fingerprint density at radius 2 is 2.16 bits per heavy atom. The van der Waals surface area contributed by atoms with Crippen LogP contribution in [-0.4, -0.2) is 9.97 Å². The summed E-state index contributed by atoms with van der Waals surface area (Å²) in [7, 11) is 0. The molecule has 0 amide bonds. The molecule has 0 saturated carbocycles.